The lowest BCUT2D eigenvalue weighted by atomic mass is 10.2. The Kier molecular flexibility index (Phi) is 4.85. The molecule has 0 aliphatic carbocycles. The summed E-state index contributed by atoms with van der Waals surface area (Å²) < 4.78 is 64.2. The summed E-state index contributed by atoms with van der Waals surface area (Å²) in [6.45, 7) is 0.273. The van der Waals surface area contributed by atoms with Crippen molar-refractivity contribution in [2.45, 2.75) is 25.2 Å². The molecule has 1 atom stereocenters. The van der Waals surface area contributed by atoms with Crippen molar-refractivity contribution in [2.75, 3.05) is 18.1 Å². The lowest BCUT2D eigenvalue weighted by molar-refractivity contribution is -0.274. The van der Waals surface area contributed by atoms with Crippen LogP contribution in [0.15, 0.2) is 24.3 Å². The molecular formula is C13H15F3N2O4S. The number of alkyl halides is 3. The summed E-state index contributed by atoms with van der Waals surface area (Å²) in [7, 11) is -3.49. The first-order valence-corrected chi connectivity index (χ1v) is 8.54. The molecule has 0 radical (unpaired) electrons. The first-order valence-electron chi connectivity index (χ1n) is 6.70. The second-order valence-corrected chi connectivity index (χ2v) is 7.03. The Labute approximate surface area is 131 Å². The van der Waals surface area contributed by atoms with Gasteiger partial charge in [0.25, 0.3) is 0 Å². The van der Waals surface area contributed by atoms with E-state index in [2.05, 4.69) is 10.1 Å². The van der Waals surface area contributed by atoms with Crippen LogP contribution in [0.3, 0.4) is 0 Å². The first kappa shape index (κ1) is 17.5. The van der Waals surface area contributed by atoms with Gasteiger partial charge in [-0.05, 0) is 37.1 Å². The van der Waals surface area contributed by atoms with E-state index in [0.29, 0.717) is 12.8 Å². The van der Waals surface area contributed by atoms with Gasteiger partial charge in [0.15, 0.2) is 0 Å². The van der Waals surface area contributed by atoms with Gasteiger partial charge in [-0.2, -0.15) is 4.31 Å². The van der Waals surface area contributed by atoms with Gasteiger partial charge in [-0.1, -0.05) is 0 Å². The monoisotopic (exact) mass is 352 g/mol. The molecule has 0 unspecified atom stereocenters. The number of carbonyl (C=O) groups excluding carboxylic acids is 1. The van der Waals surface area contributed by atoms with Crippen molar-refractivity contribution in [2.24, 2.45) is 0 Å². The first-order chi connectivity index (χ1) is 10.6. The molecule has 0 spiro atoms. The van der Waals surface area contributed by atoms with Gasteiger partial charge < -0.3 is 10.1 Å². The molecule has 0 aromatic heterocycles. The number of ether oxygens (including phenoxy) is 1. The normalized spacial score (nSPS) is 19.6. The molecule has 6 nitrogen and oxygen atoms in total. The van der Waals surface area contributed by atoms with Crippen LogP contribution in [0.4, 0.5) is 18.9 Å². The number of amides is 1. The maximum absolute atomic E-state index is 12.2. The van der Waals surface area contributed by atoms with Gasteiger partial charge in [0.05, 0.1) is 6.26 Å². The lowest BCUT2D eigenvalue weighted by Gasteiger charge is -2.21. The fourth-order valence-electron chi connectivity index (χ4n) is 2.36. The predicted octanol–water partition coefficient (Wildman–Crippen LogP) is 1.95. The molecular weight excluding hydrogens is 337 g/mol. The number of carbonyl (C=O) groups is 1. The molecule has 2 rings (SSSR count). The van der Waals surface area contributed by atoms with E-state index in [4.69, 9.17) is 0 Å². The maximum atomic E-state index is 12.2. The number of hydrogen-bond acceptors (Lipinski definition) is 4. The number of nitrogens with zero attached hydrogens (tertiary/aromatic N) is 1. The van der Waals surface area contributed by atoms with Crippen molar-refractivity contribution in [1.29, 1.82) is 0 Å². The number of hydrogen-bond donors (Lipinski definition) is 1. The van der Waals surface area contributed by atoms with Crippen LogP contribution < -0.4 is 10.1 Å². The van der Waals surface area contributed by atoms with Gasteiger partial charge >= 0.3 is 6.36 Å². The Morgan fingerprint density at radius 1 is 1.30 bits per heavy atom. The predicted molar refractivity (Wildman–Crippen MR) is 76.3 cm³/mol. The third-order valence-corrected chi connectivity index (χ3v) is 4.58. The molecule has 1 N–H and O–H groups in total. The SMILES string of the molecule is CS(=O)(=O)N1CCC[C@@H]1C(=O)Nc1ccc(OC(F)(F)F)cc1. The van der Waals surface area contributed by atoms with Crippen LogP contribution in [0.2, 0.25) is 0 Å². The van der Waals surface area contributed by atoms with Crippen LogP contribution in [-0.4, -0.2) is 43.8 Å². The van der Waals surface area contributed by atoms with Gasteiger partial charge in [0.1, 0.15) is 11.8 Å². The van der Waals surface area contributed by atoms with E-state index >= 15 is 0 Å². The second kappa shape index (κ2) is 6.36. The largest absolute Gasteiger partial charge is 0.573 e. The van der Waals surface area contributed by atoms with Gasteiger partial charge in [-0.25, -0.2) is 8.42 Å². The topological polar surface area (TPSA) is 75.7 Å². The van der Waals surface area contributed by atoms with E-state index in [0.717, 1.165) is 22.7 Å². The summed E-state index contributed by atoms with van der Waals surface area (Å²) in [6, 6.07) is 3.81. The molecule has 1 aliphatic rings. The van der Waals surface area contributed by atoms with Crippen LogP contribution in [0.5, 0.6) is 5.75 Å². The van der Waals surface area contributed by atoms with E-state index in [-0.39, 0.29) is 12.2 Å². The van der Waals surface area contributed by atoms with E-state index in [9.17, 15) is 26.4 Å². The summed E-state index contributed by atoms with van der Waals surface area (Å²) in [4.78, 5) is 12.2. The van der Waals surface area contributed by atoms with Crippen molar-refractivity contribution < 1.29 is 31.1 Å². The molecule has 0 saturated carbocycles. The Morgan fingerprint density at radius 3 is 2.43 bits per heavy atom. The highest BCUT2D eigenvalue weighted by Gasteiger charge is 2.36. The number of rotatable bonds is 4. The van der Waals surface area contributed by atoms with Gasteiger partial charge in [-0.3, -0.25) is 4.79 Å². The van der Waals surface area contributed by atoms with Crippen molar-refractivity contribution in [1.82, 2.24) is 4.31 Å². The molecule has 128 valence electrons. The zero-order valence-corrected chi connectivity index (χ0v) is 12.9. The third-order valence-electron chi connectivity index (χ3n) is 3.29. The molecule has 1 heterocycles. The van der Waals surface area contributed by atoms with E-state index < -0.39 is 34.1 Å². The number of nitrogens with one attached hydrogen (secondary N) is 1. The van der Waals surface area contributed by atoms with E-state index in [1.807, 2.05) is 0 Å². The minimum atomic E-state index is -4.79. The van der Waals surface area contributed by atoms with Gasteiger partial charge in [-0.15, -0.1) is 13.2 Å². The lowest BCUT2D eigenvalue weighted by Crippen LogP contribution is -2.42. The highest BCUT2D eigenvalue weighted by atomic mass is 32.2. The summed E-state index contributed by atoms with van der Waals surface area (Å²) in [5.74, 6) is -0.924. The van der Waals surface area contributed by atoms with Crippen LogP contribution in [0, 0.1) is 0 Å². The summed E-state index contributed by atoms with van der Waals surface area (Å²) in [5.41, 5.74) is 0.255. The van der Waals surface area contributed by atoms with Gasteiger partial charge in [0, 0.05) is 12.2 Å². The molecule has 1 aromatic rings. The van der Waals surface area contributed by atoms with Crippen molar-refractivity contribution >= 4 is 21.6 Å². The number of sulfonamides is 1. The summed E-state index contributed by atoms with van der Waals surface area (Å²) in [6.07, 6.45) is -2.79. The van der Waals surface area contributed by atoms with Crippen molar-refractivity contribution in [3.05, 3.63) is 24.3 Å². The Balaban J connectivity index is 2.03. The molecule has 23 heavy (non-hydrogen) atoms. The average Bonchev–Trinajstić information content (AvgIpc) is 2.88. The quantitative estimate of drug-likeness (QED) is 0.899. The Morgan fingerprint density at radius 2 is 1.91 bits per heavy atom. The number of halogens is 3. The Hall–Kier alpha value is -1.81. The van der Waals surface area contributed by atoms with Gasteiger partial charge in [0.2, 0.25) is 15.9 Å². The van der Waals surface area contributed by atoms with E-state index in [1.54, 1.807) is 0 Å². The fourth-order valence-corrected chi connectivity index (χ4v) is 3.49. The van der Waals surface area contributed by atoms with Crippen molar-refractivity contribution in [3.8, 4) is 5.75 Å². The maximum Gasteiger partial charge on any atom is 0.573 e. The Bertz CT molecular complexity index is 673. The highest BCUT2D eigenvalue weighted by molar-refractivity contribution is 7.88. The zero-order valence-electron chi connectivity index (χ0n) is 12.1. The molecule has 1 amide bonds. The van der Waals surface area contributed by atoms with Crippen molar-refractivity contribution in [3.63, 3.8) is 0 Å². The van der Waals surface area contributed by atoms with Crippen LogP contribution in [0.25, 0.3) is 0 Å². The highest BCUT2D eigenvalue weighted by Crippen LogP contribution is 2.25. The summed E-state index contributed by atoms with van der Waals surface area (Å²) >= 11 is 0. The average molecular weight is 352 g/mol. The third kappa shape index (κ3) is 4.83. The molecule has 10 heteroatoms. The fraction of sp³-hybridized carbons (Fsp3) is 0.462. The smallest absolute Gasteiger partial charge is 0.406 e. The molecule has 1 fully saturated rings. The second-order valence-electron chi connectivity index (χ2n) is 5.09. The van der Waals surface area contributed by atoms with E-state index in [1.165, 1.54) is 12.1 Å². The minimum absolute atomic E-state index is 0.255. The zero-order chi connectivity index (χ0) is 17.3. The van der Waals surface area contributed by atoms with Crippen LogP contribution in [0.1, 0.15) is 12.8 Å². The molecule has 1 aromatic carbocycles. The van der Waals surface area contributed by atoms with Crippen LogP contribution in [-0.2, 0) is 14.8 Å². The minimum Gasteiger partial charge on any atom is -0.406 e. The molecule has 1 aliphatic heterocycles. The van der Waals surface area contributed by atoms with Crippen LogP contribution >= 0.6 is 0 Å². The standard InChI is InChI=1S/C13H15F3N2O4S/c1-23(20,21)18-8-2-3-11(18)12(19)17-9-4-6-10(7-5-9)22-13(14,15)16/h4-7,11H,2-3,8H2,1H3,(H,17,19)/t11-/m1/s1. The molecule has 0 bridgehead atoms. The summed E-state index contributed by atoms with van der Waals surface area (Å²) in [5, 5.41) is 2.49. The number of benzene rings is 1. The molecule has 1 saturated heterocycles. The number of anilines is 1.